The van der Waals surface area contributed by atoms with E-state index in [-0.39, 0.29) is 18.9 Å². The van der Waals surface area contributed by atoms with Gasteiger partial charge in [-0.05, 0) is 0 Å². The summed E-state index contributed by atoms with van der Waals surface area (Å²) in [5, 5.41) is 24.4. The Bertz CT molecular complexity index is 324. The molecule has 14 heavy (non-hydrogen) atoms. The fourth-order valence-corrected chi connectivity index (χ4v) is 0.508. The molecule has 0 fully saturated rings. The average Bonchev–Trinajstić information content (AvgIpc) is 2.07. The number of carbonyl (C=O) groups is 1. The Balaban J connectivity index is 0. The van der Waals surface area contributed by atoms with E-state index in [1.165, 1.54) is 0 Å². The Hall–Kier alpha value is -1.41. The second-order valence-electron chi connectivity index (χ2n) is 2.12. The van der Waals surface area contributed by atoms with Crippen LogP contribution in [0.3, 0.4) is 0 Å². The molecule has 0 atom stereocenters. The smallest absolute Gasteiger partial charge is 0.333 e. The van der Waals surface area contributed by atoms with E-state index in [2.05, 4.69) is 0 Å². The summed E-state index contributed by atoms with van der Waals surface area (Å²) in [4.78, 5) is 10.4. The molecule has 0 aliphatic carbocycles. The van der Waals surface area contributed by atoms with Gasteiger partial charge in [0.2, 0.25) is 0 Å². The molecule has 0 bridgehead atoms. The van der Waals surface area contributed by atoms with Gasteiger partial charge in [-0.25, -0.2) is 15.8 Å². The summed E-state index contributed by atoms with van der Waals surface area (Å²) in [6, 6.07) is 0. The maximum Gasteiger partial charge on any atom is 1.00 e. The molecule has 0 N–H and O–H groups in total. The SMILES string of the molecule is N#C[B-](C#N)(C#N)C(=O)C(F)(F)F.[Li+]. The van der Waals surface area contributed by atoms with Gasteiger partial charge in [-0.15, -0.1) is 17.9 Å². The number of nitrogens with zero attached hydrogens (tertiary/aromatic N) is 3. The summed E-state index contributed by atoms with van der Waals surface area (Å²) in [5.74, 6) is 2.38. The van der Waals surface area contributed by atoms with Crippen LogP contribution >= 0.6 is 0 Å². The van der Waals surface area contributed by atoms with Crippen LogP contribution in [0.25, 0.3) is 0 Å². The molecular formula is C5BF3LiN3O. The molecule has 0 rings (SSSR count). The van der Waals surface area contributed by atoms with Crippen molar-refractivity contribution >= 4 is 11.8 Å². The summed E-state index contributed by atoms with van der Waals surface area (Å²) in [6.45, 7) is 0. The molecule has 0 aromatic heterocycles. The molecule has 4 nitrogen and oxygen atoms in total. The molecule has 0 unspecified atom stereocenters. The zero-order valence-electron chi connectivity index (χ0n) is 6.96. The third-order valence-corrected chi connectivity index (χ3v) is 1.25. The summed E-state index contributed by atoms with van der Waals surface area (Å²) >= 11 is 0. The zero-order valence-corrected chi connectivity index (χ0v) is 6.96. The van der Waals surface area contributed by atoms with Gasteiger partial charge >= 0.3 is 31.2 Å². The molecule has 66 valence electrons. The quantitative estimate of drug-likeness (QED) is 0.423. The normalized spacial score (nSPS) is 10.0. The first-order valence-corrected chi connectivity index (χ1v) is 2.85. The maximum absolute atomic E-state index is 11.7. The van der Waals surface area contributed by atoms with E-state index in [4.69, 9.17) is 15.8 Å². The number of nitriles is 3. The minimum Gasteiger partial charge on any atom is -0.333 e. The minimum atomic E-state index is -5.33. The van der Waals surface area contributed by atoms with Crippen LogP contribution in [0.5, 0.6) is 0 Å². The van der Waals surface area contributed by atoms with Gasteiger partial charge in [0.05, 0.1) is 0 Å². The van der Waals surface area contributed by atoms with Crippen LogP contribution in [0, 0.1) is 33.7 Å². The summed E-state index contributed by atoms with van der Waals surface area (Å²) in [6.07, 6.45) is -9.30. The molecule has 0 aromatic rings. The van der Waals surface area contributed by atoms with Crippen molar-refractivity contribution in [3.63, 3.8) is 0 Å². The zero-order chi connectivity index (χ0) is 10.7. The van der Waals surface area contributed by atoms with E-state index in [0.29, 0.717) is 0 Å². The Morgan fingerprint density at radius 1 is 1.07 bits per heavy atom. The fourth-order valence-electron chi connectivity index (χ4n) is 0.508. The van der Waals surface area contributed by atoms with E-state index in [0.717, 1.165) is 17.9 Å². The number of hydrogen-bond donors (Lipinski definition) is 0. The van der Waals surface area contributed by atoms with Crippen molar-refractivity contribution in [2.45, 2.75) is 6.18 Å². The molecule has 0 heterocycles. The third kappa shape index (κ3) is 2.54. The largest absolute Gasteiger partial charge is 1.00 e. The third-order valence-electron chi connectivity index (χ3n) is 1.25. The Labute approximate surface area is 89.0 Å². The van der Waals surface area contributed by atoms with Gasteiger partial charge in [0.1, 0.15) is 5.68 Å². The van der Waals surface area contributed by atoms with Crippen LogP contribution in [0.4, 0.5) is 13.2 Å². The van der Waals surface area contributed by atoms with Crippen LogP contribution < -0.4 is 18.9 Å². The van der Waals surface area contributed by atoms with E-state index >= 15 is 0 Å². The molecule has 0 saturated heterocycles. The number of rotatable bonds is 1. The van der Waals surface area contributed by atoms with Crippen molar-refractivity contribution in [3.05, 3.63) is 0 Å². The van der Waals surface area contributed by atoms with E-state index in [9.17, 15) is 18.0 Å². The molecule has 0 aliphatic rings. The first kappa shape index (κ1) is 15.1. The van der Waals surface area contributed by atoms with Crippen LogP contribution in [0.15, 0.2) is 0 Å². The summed E-state index contributed by atoms with van der Waals surface area (Å²) < 4.78 is 35.2. The second kappa shape index (κ2) is 4.72. The predicted molar refractivity (Wildman–Crippen MR) is 33.7 cm³/mol. The van der Waals surface area contributed by atoms with Gasteiger partial charge in [-0.3, -0.25) is 0 Å². The van der Waals surface area contributed by atoms with Gasteiger partial charge in [-0.1, -0.05) is 0 Å². The van der Waals surface area contributed by atoms with Gasteiger partial charge < -0.3 is 4.79 Å². The molecule has 0 aromatic carbocycles. The van der Waals surface area contributed by atoms with Crippen LogP contribution in [0.1, 0.15) is 0 Å². The van der Waals surface area contributed by atoms with Crippen LogP contribution in [-0.4, -0.2) is 18.0 Å². The van der Waals surface area contributed by atoms with Gasteiger partial charge in [0.15, 0.2) is 0 Å². The second-order valence-corrected chi connectivity index (χ2v) is 2.12. The van der Waals surface area contributed by atoms with Crippen LogP contribution in [-0.2, 0) is 4.79 Å². The Morgan fingerprint density at radius 3 is 1.43 bits per heavy atom. The predicted octanol–water partition coefficient (Wildman–Crippen LogP) is -2.70. The number of carbonyl (C=O) groups excluding carboxylic acids is 1. The molecule has 0 amide bonds. The van der Waals surface area contributed by atoms with E-state index < -0.39 is 18.0 Å². The summed E-state index contributed by atoms with van der Waals surface area (Å²) in [5.41, 5.74) is -2.60. The van der Waals surface area contributed by atoms with Crippen LogP contribution in [0.2, 0.25) is 0 Å². The first-order chi connectivity index (χ1) is 5.84. The monoisotopic (exact) mass is 193 g/mol. The molecule has 0 saturated carbocycles. The van der Waals surface area contributed by atoms with Crippen molar-refractivity contribution in [3.8, 4) is 17.9 Å². The number of hydrogen-bond acceptors (Lipinski definition) is 4. The van der Waals surface area contributed by atoms with E-state index in [1.807, 2.05) is 0 Å². The molecule has 0 aliphatic heterocycles. The van der Waals surface area contributed by atoms with Crippen molar-refractivity contribution in [1.82, 2.24) is 0 Å². The molecule has 9 heteroatoms. The van der Waals surface area contributed by atoms with Crippen molar-refractivity contribution in [1.29, 1.82) is 15.8 Å². The Kier molecular flexibility index (Phi) is 5.09. The standard InChI is InChI=1S/C5BF3N3O.Li/c7-5(8,9)4(13)6(1-10,2-11)3-12;/q-1;+1. The minimum absolute atomic E-state index is 0. The van der Waals surface area contributed by atoms with Crippen molar-refractivity contribution in [2.75, 3.05) is 0 Å². The fraction of sp³-hybridized carbons (Fsp3) is 0.200. The van der Waals surface area contributed by atoms with E-state index in [1.54, 1.807) is 0 Å². The van der Waals surface area contributed by atoms with Crippen molar-refractivity contribution in [2.24, 2.45) is 0 Å². The van der Waals surface area contributed by atoms with Crippen molar-refractivity contribution < 1.29 is 36.8 Å². The molecular weight excluding hydrogens is 193 g/mol. The first-order valence-electron chi connectivity index (χ1n) is 2.85. The van der Waals surface area contributed by atoms with Gasteiger partial charge in [-0.2, -0.15) is 13.2 Å². The summed E-state index contributed by atoms with van der Waals surface area (Å²) in [7, 11) is 0. The molecule has 0 spiro atoms. The average molecular weight is 193 g/mol. The van der Waals surface area contributed by atoms with Gasteiger partial charge in [0.25, 0.3) is 0 Å². The maximum atomic E-state index is 11.7. The topological polar surface area (TPSA) is 88.4 Å². The number of halogens is 3. The molecule has 0 radical (unpaired) electrons. The number of alkyl halides is 3. The Morgan fingerprint density at radius 2 is 1.36 bits per heavy atom. The van der Waals surface area contributed by atoms with Gasteiger partial charge in [0, 0.05) is 0 Å².